The van der Waals surface area contributed by atoms with Crippen LogP contribution < -0.4 is 10.1 Å². The van der Waals surface area contributed by atoms with Gasteiger partial charge >= 0.3 is 6.18 Å². The summed E-state index contributed by atoms with van der Waals surface area (Å²) in [5.74, 6) is 0.594. The molecular formula is C20H15F3N2O2. The molecule has 0 fully saturated rings. The molecule has 3 rings (SSSR count). The normalized spacial score (nSPS) is 11.1. The predicted molar refractivity (Wildman–Crippen MR) is 96.3 cm³/mol. The first-order valence-electron chi connectivity index (χ1n) is 7.94. The molecule has 0 spiro atoms. The van der Waals surface area contributed by atoms with Crippen LogP contribution in [0.3, 0.4) is 0 Å². The van der Waals surface area contributed by atoms with Crippen LogP contribution in [0.2, 0.25) is 0 Å². The first kappa shape index (κ1) is 18.4. The van der Waals surface area contributed by atoms with Crippen molar-refractivity contribution in [3.63, 3.8) is 0 Å². The number of aldehydes is 1. The average molecular weight is 372 g/mol. The first-order valence-corrected chi connectivity index (χ1v) is 7.94. The van der Waals surface area contributed by atoms with Crippen LogP contribution in [0.15, 0.2) is 60.8 Å². The number of benzene rings is 2. The number of alkyl halides is 3. The quantitative estimate of drug-likeness (QED) is 0.615. The Morgan fingerprint density at radius 1 is 1.04 bits per heavy atom. The number of methoxy groups -OCH3 is 1. The number of hydrogen-bond acceptors (Lipinski definition) is 4. The lowest BCUT2D eigenvalue weighted by molar-refractivity contribution is -0.137. The summed E-state index contributed by atoms with van der Waals surface area (Å²) in [5.41, 5.74) is 1.99. The van der Waals surface area contributed by atoms with Crippen LogP contribution in [0, 0.1) is 0 Å². The summed E-state index contributed by atoms with van der Waals surface area (Å²) in [4.78, 5) is 15.4. The van der Waals surface area contributed by atoms with E-state index in [9.17, 15) is 18.0 Å². The highest BCUT2D eigenvalue weighted by Crippen LogP contribution is 2.33. The van der Waals surface area contributed by atoms with Crippen molar-refractivity contribution < 1.29 is 22.7 Å². The van der Waals surface area contributed by atoms with Crippen molar-refractivity contribution in [3.8, 4) is 17.0 Å². The van der Waals surface area contributed by atoms with Crippen molar-refractivity contribution in [1.29, 1.82) is 0 Å². The summed E-state index contributed by atoms with van der Waals surface area (Å²) < 4.78 is 43.3. The third kappa shape index (κ3) is 4.25. The Morgan fingerprint density at radius 3 is 2.41 bits per heavy atom. The zero-order chi connectivity index (χ0) is 19.4. The number of rotatable bonds is 5. The summed E-state index contributed by atoms with van der Waals surface area (Å²) in [6.45, 7) is 0. The number of nitrogens with one attached hydrogen (secondary N) is 1. The fourth-order valence-corrected chi connectivity index (χ4v) is 2.54. The summed E-state index contributed by atoms with van der Waals surface area (Å²) >= 11 is 0. The summed E-state index contributed by atoms with van der Waals surface area (Å²) in [7, 11) is 1.53. The van der Waals surface area contributed by atoms with Gasteiger partial charge in [0.15, 0.2) is 0 Å². The van der Waals surface area contributed by atoms with Gasteiger partial charge in [0.05, 0.1) is 18.4 Å². The van der Waals surface area contributed by atoms with Gasteiger partial charge in [0.25, 0.3) is 0 Å². The van der Waals surface area contributed by atoms with Crippen LogP contribution in [0.1, 0.15) is 15.9 Å². The van der Waals surface area contributed by atoms with E-state index in [-0.39, 0.29) is 0 Å². The molecule has 7 heteroatoms. The summed E-state index contributed by atoms with van der Waals surface area (Å²) in [6.07, 6.45) is -2.10. The van der Waals surface area contributed by atoms with Gasteiger partial charge in [0, 0.05) is 34.8 Å². The van der Waals surface area contributed by atoms with Crippen LogP contribution in [-0.2, 0) is 6.18 Å². The lowest BCUT2D eigenvalue weighted by Crippen LogP contribution is -2.04. The molecule has 0 radical (unpaired) electrons. The topological polar surface area (TPSA) is 51.2 Å². The Morgan fingerprint density at radius 2 is 1.78 bits per heavy atom. The molecule has 2 aromatic carbocycles. The zero-order valence-electron chi connectivity index (χ0n) is 14.2. The Kier molecular flexibility index (Phi) is 5.12. The van der Waals surface area contributed by atoms with Crippen molar-refractivity contribution >= 4 is 17.7 Å². The van der Waals surface area contributed by atoms with E-state index in [0.29, 0.717) is 40.2 Å². The van der Waals surface area contributed by atoms with E-state index >= 15 is 0 Å². The van der Waals surface area contributed by atoms with E-state index in [0.717, 1.165) is 12.1 Å². The minimum atomic E-state index is -4.39. The van der Waals surface area contributed by atoms with Crippen LogP contribution >= 0.6 is 0 Å². The van der Waals surface area contributed by atoms with Crippen molar-refractivity contribution in [1.82, 2.24) is 4.98 Å². The Hall–Kier alpha value is -3.35. The Bertz CT molecular complexity index is 954. The lowest BCUT2D eigenvalue weighted by Gasteiger charge is -2.14. The number of carbonyl (C=O) groups is 1. The molecule has 0 saturated carbocycles. The van der Waals surface area contributed by atoms with E-state index in [1.807, 2.05) is 0 Å². The third-order valence-corrected chi connectivity index (χ3v) is 3.91. The number of nitrogens with zero attached hydrogens (tertiary/aromatic N) is 1. The van der Waals surface area contributed by atoms with Crippen LogP contribution in [-0.4, -0.2) is 18.4 Å². The van der Waals surface area contributed by atoms with Gasteiger partial charge in [-0.05, 0) is 48.5 Å². The lowest BCUT2D eigenvalue weighted by atomic mass is 10.0. The number of ether oxygens (including phenoxy) is 1. The minimum Gasteiger partial charge on any atom is -0.497 e. The van der Waals surface area contributed by atoms with Gasteiger partial charge in [0.2, 0.25) is 0 Å². The number of carbonyl (C=O) groups excluding carboxylic acids is 1. The van der Waals surface area contributed by atoms with Gasteiger partial charge in [-0.25, -0.2) is 0 Å². The van der Waals surface area contributed by atoms with Crippen LogP contribution in [0.25, 0.3) is 11.3 Å². The highest BCUT2D eigenvalue weighted by atomic mass is 19.4. The predicted octanol–water partition coefficient (Wildman–Crippen LogP) is 5.33. The molecule has 0 unspecified atom stereocenters. The van der Waals surface area contributed by atoms with Gasteiger partial charge < -0.3 is 10.1 Å². The van der Waals surface area contributed by atoms with Gasteiger partial charge in [-0.3, -0.25) is 9.78 Å². The SMILES string of the molecule is COc1ccnc(-c2cc(C=O)ccc2Nc2ccc(C(F)(F)F)cc2)c1. The molecule has 0 aliphatic heterocycles. The molecule has 0 bridgehead atoms. The molecule has 4 nitrogen and oxygen atoms in total. The minimum absolute atomic E-state index is 0.451. The molecule has 1 aromatic heterocycles. The molecule has 27 heavy (non-hydrogen) atoms. The smallest absolute Gasteiger partial charge is 0.416 e. The van der Waals surface area contributed by atoms with E-state index in [4.69, 9.17) is 4.74 Å². The number of anilines is 2. The molecule has 0 amide bonds. The van der Waals surface area contributed by atoms with Crippen molar-refractivity contribution in [2.75, 3.05) is 12.4 Å². The van der Waals surface area contributed by atoms with Gasteiger partial charge in [-0.1, -0.05) is 0 Å². The fourth-order valence-electron chi connectivity index (χ4n) is 2.54. The third-order valence-electron chi connectivity index (χ3n) is 3.91. The number of pyridine rings is 1. The first-order chi connectivity index (χ1) is 12.9. The van der Waals surface area contributed by atoms with E-state index in [2.05, 4.69) is 10.3 Å². The second-order valence-electron chi connectivity index (χ2n) is 5.70. The molecule has 0 atom stereocenters. The van der Waals surface area contributed by atoms with Crippen LogP contribution in [0.4, 0.5) is 24.5 Å². The Balaban J connectivity index is 1.99. The van der Waals surface area contributed by atoms with E-state index < -0.39 is 11.7 Å². The highest BCUT2D eigenvalue weighted by Gasteiger charge is 2.29. The van der Waals surface area contributed by atoms with Gasteiger partial charge in [0.1, 0.15) is 12.0 Å². The van der Waals surface area contributed by atoms with E-state index in [1.54, 1.807) is 36.5 Å². The second kappa shape index (κ2) is 7.49. The number of hydrogen-bond donors (Lipinski definition) is 1. The Labute approximate surface area is 153 Å². The monoisotopic (exact) mass is 372 g/mol. The maximum Gasteiger partial charge on any atom is 0.416 e. The van der Waals surface area contributed by atoms with Crippen molar-refractivity contribution in [2.45, 2.75) is 6.18 Å². The maximum atomic E-state index is 12.7. The second-order valence-corrected chi connectivity index (χ2v) is 5.70. The van der Waals surface area contributed by atoms with Crippen molar-refractivity contribution in [3.05, 3.63) is 71.9 Å². The average Bonchev–Trinajstić information content (AvgIpc) is 2.68. The van der Waals surface area contributed by atoms with Gasteiger partial charge in [-0.15, -0.1) is 0 Å². The van der Waals surface area contributed by atoms with Crippen LogP contribution in [0.5, 0.6) is 5.75 Å². The number of halogens is 3. The standard InChI is InChI=1S/C20H15F3N2O2/c1-27-16-8-9-24-19(11-16)17-10-13(12-26)2-7-18(17)25-15-5-3-14(4-6-15)20(21,22)23/h2-12,25H,1H3. The van der Waals surface area contributed by atoms with Gasteiger partial charge in [-0.2, -0.15) is 13.2 Å². The molecule has 1 heterocycles. The molecule has 0 aliphatic carbocycles. The highest BCUT2D eigenvalue weighted by molar-refractivity contribution is 5.86. The summed E-state index contributed by atoms with van der Waals surface area (Å²) in [6, 6.07) is 13.1. The molecule has 0 aliphatic rings. The maximum absolute atomic E-state index is 12.7. The zero-order valence-corrected chi connectivity index (χ0v) is 14.2. The molecule has 3 aromatic rings. The largest absolute Gasteiger partial charge is 0.497 e. The molecular weight excluding hydrogens is 357 g/mol. The van der Waals surface area contributed by atoms with Crippen molar-refractivity contribution in [2.24, 2.45) is 0 Å². The molecule has 0 saturated heterocycles. The fraction of sp³-hybridized carbons (Fsp3) is 0.100. The van der Waals surface area contributed by atoms with E-state index in [1.165, 1.54) is 19.2 Å². The number of aromatic nitrogens is 1. The summed E-state index contributed by atoms with van der Waals surface area (Å²) in [5, 5.41) is 3.07. The molecule has 138 valence electrons. The molecule has 1 N–H and O–H groups in total.